The minimum Gasteiger partial charge on any atom is -0.480 e. The number of carboxylic acids is 1. The molecule has 1 aliphatic rings. The van der Waals surface area contributed by atoms with Crippen molar-refractivity contribution in [1.29, 1.82) is 0 Å². The van der Waals surface area contributed by atoms with E-state index in [2.05, 4.69) is 5.32 Å². The summed E-state index contributed by atoms with van der Waals surface area (Å²) >= 11 is 0. The number of nitrogens with one attached hydrogen (secondary N) is 1. The second-order valence-corrected chi connectivity index (χ2v) is 3.92. The fourth-order valence-electron chi connectivity index (χ4n) is 1.65. The van der Waals surface area contributed by atoms with Gasteiger partial charge in [0, 0.05) is 13.0 Å². The number of hydrogen-bond acceptors (Lipinski definition) is 4. The molecule has 2 unspecified atom stereocenters. The maximum atomic E-state index is 11.6. The zero-order valence-corrected chi connectivity index (χ0v) is 9.18. The van der Waals surface area contributed by atoms with Crippen LogP contribution in [0.15, 0.2) is 0 Å². The van der Waals surface area contributed by atoms with E-state index in [-0.39, 0.29) is 19.1 Å². The van der Waals surface area contributed by atoms with Crippen LogP contribution in [-0.4, -0.2) is 46.9 Å². The highest BCUT2D eigenvalue weighted by Crippen LogP contribution is 2.19. The zero-order chi connectivity index (χ0) is 12.1. The van der Waals surface area contributed by atoms with Crippen LogP contribution in [0.3, 0.4) is 0 Å². The third kappa shape index (κ3) is 3.46. The maximum absolute atomic E-state index is 11.6. The Kier molecular flexibility index (Phi) is 4.70. The molecule has 6 heteroatoms. The molecule has 3 atom stereocenters. The number of carboxylic acid groups (broad SMARTS) is 1. The van der Waals surface area contributed by atoms with Gasteiger partial charge in [-0.05, 0) is 19.8 Å². The molecule has 1 heterocycles. The van der Waals surface area contributed by atoms with Crippen LogP contribution in [0, 0.1) is 0 Å². The second-order valence-electron chi connectivity index (χ2n) is 3.92. The smallest absolute Gasteiger partial charge is 0.326 e. The van der Waals surface area contributed by atoms with Gasteiger partial charge in [0.1, 0.15) is 12.1 Å². The number of rotatable bonds is 5. The van der Waals surface area contributed by atoms with Crippen molar-refractivity contribution in [2.24, 2.45) is 0 Å². The van der Waals surface area contributed by atoms with E-state index in [1.807, 2.05) is 6.92 Å². The molecule has 0 aromatic rings. The highest BCUT2D eigenvalue weighted by molar-refractivity contribution is 5.86. The summed E-state index contributed by atoms with van der Waals surface area (Å²) in [6, 6.07) is -1.04. The van der Waals surface area contributed by atoms with Gasteiger partial charge in [0.2, 0.25) is 5.91 Å². The third-order valence-corrected chi connectivity index (χ3v) is 2.56. The Morgan fingerprint density at radius 3 is 2.62 bits per heavy atom. The summed E-state index contributed by atoms with van der Waals surface area (Å²) in [4.78, 5) is 22.3. The van der Waals surface area contributed by atoms with Gasteiger partial charge in [-0.2, -0.15) is 0 Å². The summed E-state index contributed by atoms with van der Waals surface area (Å²) in [5.41, 5.74) is 0. The lowest BCUT2D eigenvalue weighted by molar-refractivity contribution is -0.144. The molecular formula is C10H17NO5. The van der Waals surface area contributed by atoms with Gasteiger partial charge in [-0.25, -0.2) is 4.79 Å². The highest BCUT2D eigenvalue weighted by Gasteiger charge is 2.30. The van der Waals surface area contributed by atoms with E-state index < -0.39 is 24.0 Å². The molecule has 0 aliphatic carbocycles. The van der Waals surface area contributed by atoms with Gasteiger partial charge in [-0.1, -0.05) is 0 Å². The Hall–Kier alpha value is -1.14. The summed E-state index contributed by atoms with van der Waals surface area (Å²) in [7, 11) is 0. The van der Waals surface area contributed by atoms with Crippen LogP contribution in [0.1, 0.15) is 26.2 Å². The van der Waals surface area contributed by atoms with Crippen LogP contribution >= 0.6 is 0 Å². The quantitative estimate of drug-likeness (QED) is 0.593. The molecule has 0 aromatic heterocycles. The van der Waals surface area contributed by atoms with E-state index >= 15 is 0 Å². The van der Waals surface area contributed by atoms with Gasteiger partial charge in [0.05, 0.1) is 6.10 Å². The van der Waals surface area contributed by atoms with E-state index in [1.54, 1.807) is 0 Å². The summed E-state index contributed by atoms with van der Waals surface area (Å²) in [5.74, 6) is -1.56. The van der Waals surface area contributed by atoms with Gasteiger partial charge in [-0.3, -0.25) is 4.79 Å². The molecule has 1 aliphatic heterocycles. The number of amides is 1. The number of aliphatic hydroxyl groups is 1. The van der Waals surface area contributed by atoms with Crippen LogP contribution in [0.4, 0.5) is 0 Å². The van der Waals surface area contributed by atoms with Gasteiger partial charge >= 0.3 is 5.97 Å². The van der Waals surface area contributed by atoms with Crippen molar-refractivity contribution in [1.82, 2.24) is 5.32 Å². The fourth-order valence-corrected chi connectivity index (χ4v) is 1.65. The average molecular weight is 231 g/mol. The monoisotopic (exact) mass is 231 g/mol. The molecule has 1 amide bonds. The van der Waals surface area contributed by atoms with Gasteiger partial charge in [-0.15, -0.1) is 0 Å². The Morgan fingerprint density at radius 1 is 1.50 bits per heavy atom. The first-order valence-electron chi connectivity index (χ1n) is 5.34. The van der Waals surface area contributed by atoms with Crippen molar-refractivity contribution in [3.8, 4) is 0 Å². The lowest BCUT2D eigenvalue weighted by Gasteiger charge is -2.16. The number of ether oxygens (including phenoxy) is 1. The molecule has 1 fully saturated rings. The number of aliphatic hydroxyl groups excluding tert-OH is 1. The van der Waals surface area contributed by atoms with E-state index in [9.17, 15) is 9.59 Å². The van der Waals surface area contributed by atoms with Crippen molar-refractivity contribution < 1.29 is 24.5 Å². The molecule has 0 aromatic carbocycles. The largest absolute Gasteiger partial charge is 0.480 e. The topological polar surface area (TPSA) is 95.9 Å². The van der Waals surface area contributed by atoms with Gasteiger partial charge in [0.25, 0.3) is 0 Å². The fraction of sp³-hybridized carbons (Fsp3) is 0.800. The maximum Gasteiger partial charge on any atom is 0.326 e. The Balaban J connectivity index is 2.45. The molecule has 1 saturated heterocycles. The van der Waals surface area contributed by atoms with Crippen molar-refractivity contribution in [2.45, 2.75) is 44.4 Å². The van der Waals surface area contributed by atoms with E-state index in [4.69, 9.17) is 14.9 Å². The molecule has 0 spiro atoms. The number of aliphatic carboxylic acids is 1. The predicted octanol–water partition coefficient (Wildman–Crippen LogP) is -0.494. The lowest BCUT2D eigenvalue weighted by atomic mass is 10.1. The van der Waals surface area contributed by atoms with Crippen LogP contribution in [0.5, 0.6) is 0 Å². The highest BCUT2D eigenvalue weighted by atomic mass is 16.5. The van der Waals surface area contributed by atoms with E-state index in [0.717, 1.165) is 6.42 Å². The van der Waals surface area contributed by atoms with Gasteiger partial charge < -0.3 is 20.3 Å². The zero-order valence-electron chi connectivity index (χ0n) is 9.18. The Bertz CT molecular complexity index is 268. The molecule has 16 heavy (non-hydrogen) atoms. The van der Waals surface area contributed by atoms with Crippen molar-refractivity contribution in [3.63, 3.8) is 0 Å². The molecule has 6 nitrogen and oxygen atoms in total. The average Bonchev–Trinajstić information content (AvgIpc) is 2.64. The summed E-state index contributed by atoms with van der Waals surface area (Å²) in [5, 5.41) is 19.8. The van der Waals surface area contributed by atoms with Crippen LogP contribution in [-0.2, 0) is 14.3 Å². The third-order valence-electron chi connectivity index (χ3n) is 2.56. The van der Waals surface area contributed by atoms with Crippen LogP contribution < -0.4 is 5.32 Å². The summed E-state index contributed by atoms with van der Waals surface area (Å²) < 4.78 is 5.31. The summed E-state index contributed by atoms with van der Waals surface area (Å²) in [6.45, 7) is 1.59. The Labute approximate surface area is 93.6 Å². The lowest BCUT2D eigenvalue weighted by Crippen LogP contribution is -2.45. The van der Waals surface area contributed by atoms with Crippen molar-refractivity contribution in [3.05, 3.63) is 0 Å². The van der Waals surface area contributed by atoms with Crippen molar-refractivity contribution >= 4 is 11.9 Å². The first-order chi connectivity index (χ1) is 7.54. The molecule has 0 saturated carbocycles. The molecule has 0 bridgehead atoms. The minimum atomic E-state index is -1.14. The van der Waals surface area contributed by atoms with E-state index in [1.165, 1.54) is 0 Å². The molecule has 92 valence electrons. The Morgan fingerprint density at radius 2 is 2.19 bits per heavy atom. The molecule has 3 N–H and O–H groups in total. The predicted molar refractivity (Wildman–Crippen MR) is 54.8 cm³/mol. The molecule has 1 rings (SSSR count). The van der Waals surface area contributed by atoms with Gasteiger partial charge in [0.15, 0.2) is 0 Å². The standard InChI is InChI=1S/C10H17NO5/c1-6-2-3-8(16-6)9(13)11-7(4-5-12)10(14)15/h6-8,12H,2-5H2,1H3,(H,11,13)(H,14,15)/t6?,7-,8?/m1/s1. The van der Waals surface area contributed by atoms with Crippen molar-refractivity contribution in [2.75, 3.05) is 6.61 Å². The SMILES string of the molecule is CC1CCC(C(=O)N[C@H](CCO)C(=O)O)O1. The van der Waals surface area contributed by atoms with Crippen LogP contribution in [0.2, 0.25) is 0 Å². The first kappa shape index (κ1) is 12.9. The number of hydrogen-bond donors (Lipinski definition) is 3. The molecule has 0 radical (unpaired) electrons. The second kappa shape index (κ2) is 5.81. The first-order valence-corrected chi connectivity index (χ1v) is 5.34. The number of carbonyl (C=O) groups is 2. The summed E-state index contributed by atoms with van der Waals surface area (Å²) in [6.07, 6.45) is 0.893. The van der Waals surface area contributed by atoms with E-state index in [0.29, 0.717) is 6.42 Å². The number of carbonyl (C=O) groups excluding carboxylic acids is 1. The molecular weight excluding hydrogens is 214 g/mol. The minimum absolute atomic E-state index is 0.00332. The normalized spacial score (nSPS) is 26.4. The van der Waals surface area contributed by atoms with Crippen LogP contribution in [0.25, 0.3) is 0 Å².